The summed E-state index contributed by atoms with van der Waals surface area (Å²) in [5, 5.41) is 7.82. The highest BCUT2D eigenvalue weighted by atomic mass is 16.5. The molecule has 0 aliphatic carbocycles. The lowest BCUT2D eigenvalue weighted by Crippen LogP contribution is -2.50. The lowest BCUT2D eigenvalue weighted by atomic mass is 9.77. The highest BCUT2D eigenvalue weighted by Crippen LogP contribution is 2.43. The van der Waals surface area contributed by atoms with Crippen LogP contribution in [0.3, 0.4) is 0 Å². The van der Waals surface area contributed by atoms with Crippen LogP contribution in [0.4, 0.5) is 0 Å². The van der Waals surface area contributed by atoms with Gasteiger partial charge in [-0.15, -0.1) is 0 Å². The summed E-state index contributed by atoms with van der Waals surface area (Å²) in [6, 6.07) is 10.7. The summed E-state index contributed by atoms with van der Waals surface area (Å²) in [7, 11) is 0. The van der Waals surface area contributed by atoms with E-state index in [1.165, 1.54) is 11.1 Å². The molecule has 2 aromatic rings. The minimum atomic E-state index is -0.208. The van der Waals surface area contributed by atoms with Gasteiger partial charge in [-0.3, -0.25) is 9.48 Å². The average Bonchev–Trinajstić information content (AvgIpc) is 3.20. The maximum atomic E-state index is 13.2. The molecule has 2 fully saturated rings. The Kier molecular flexibility index (Phi) is 5.14. The number of amides is 1. The highest BCUT2D eigenvalue weighted by Gasteiger charge is 2.43. The van der Waals surface area contributed by atoms with Crippen molar-refractivity contribution in [1.29, 1.82) is 0 Å². The summed E-state index contributed by atoms with van der Waals surface area (Å²) >= 11 is 0. The van der Waals surface area contributed by atoms with Gasteiger partial charge >= 0.3 is 0 Å². The van der Waals surface area contributed by atoms with E-state index in [0.29, 0.717) is 6.54 Å². The predicted octanol–water partition coefficient (Wildman–Crippen LogP) is 2.34. The van der Waals surface area contributed by atoms with Crippen molar-refractivity contribution in [2.45, 2.75) is 50.4 Å². The minimum Gasteiger partial charge on any atom is -0.367 e. The Bertz CT molecular complexity index is 840. The summed E-state index contributed by atoms with van der Waals surface area (Å²) < 4.78 is 8.72. The summed E-state index contributed by atoms with van der Waals surface area (Å²) in [6.45, 7) is 4.35. The number of ether oxygens (including phenoxy) is 1. The van der Waals surface area contributed by atoms with Crippen LogP contribution in [0.2, 0.25) is 0 Å². The molecular formula is C23H30N4O2. The first-order valence-corrected chi connectivity index (χ1v) is 11.0. The minimum absolute atomic E-state index is 0.0637. The number of hydrogen-bond donors (Lipinski definition) is 1. The van der Waals surface area contributed by atoms with Crippen molar-refractivity contribution < 1.29 is 9.53 Å². The normalized spacial score (nSPS) is 24.0. The Hall–Kier alpha value is -2.18. The molecule has 2 saturated heterocycles. The largest absolute Gasteiger partial charge is 0.367 e. The molecule has 0 radical (unpaired) electrons. The number of piperidine rings is 1. The first kappa shape index (κ1) is 18.8. The van der Waals surface area contributed by atoms with Gasteiger partial charge < -0.3 is 15.0 Å². The molecule has 6 nitrogen and oxygen atoms in total. The lowest BCUT2D eigenvalue weighted by molar-refractivity contribution is -0.150. The van der Waals surface area contributed by atoms with Crippen LogP contribution in [0.15, 0.2) is 42.7 Å². The van der Waals surface area contributed by atoms with Gasteiger partial charge in [0.25, 0.3) is 0 Å². The summed E-state index contributed by atoms with van der Waals surface area (Å²) in [6.07, 6.45) is 8.52. The fourth-order valence-corrected chi connectivity index (χ4v) is 5.16. The van der Waals surface area contributed by atoms with Gasteiger partial charge in [-0.25, -0.2) is 0 Å². The third-order valence-corrected chi connectivity index (χ3v) is 6.79. The first-order chi connectivity index (χ1) is 14.2. The molecule has 6 heteroatoms. The zero-order chi connectivity index (χ0) is 19.7. The fourth-order valence-electron chi connectivity index (χ4n) is 5.16. The highest BCUT2D eigenvalue weighted by molar-refractivity contribution is 5.79. The van der Waals surface area contributed by atoms with Crippen LogP contribution < -0.4 is 5.32 Å². The molecule has 3 aliphatic heterocycles. The number of carbonyl (C=O) groups excluding carboxylic acids is 1. The van der Waals surface area contributed by atoms with Crippen molar-refractivity contribution >= 4 is 5.91 Å². The fraction of sp³-hybridized carbons (Fsp3) is 0.565. The number of nitrogens with zero attached hydrogens (tertiary/aromatic N) is 3. The standard InChI is InChI=1S/C23H30N4O2/c28-22(26-12-4-13-26)19(17-27-14-3-9-25-27)16-20-15-18-5-1-2-6-21(18)23(29-20)7-10-24-11-8-23/h1-3,5-6,9,14,19-20,24H,4,7-8,10-13,15-17H2/t19?,20-/m0/s1. The monoisotopic (exact) mass is 394 g/mol. The van der Waals surface area contributed by atoms with Gasteiger partial charge in [0.15, 0.2) is 0 Å². The molecule has 0 saturated carbocycles. The number of aromatic nitrogens is 2. The molecule has 1 N–H and O–H groups in total. The van der Waals surface area contributed by atoms with E-state index in [1.807, 2.05) is 21.8 Å². The van der Waals surface area contributed by atoms with E-state index in [2.05, 4.69) is 34.7 Å². The number of rotatable bonds is 5. The SMILES string of the molecule is O=C(C(C[C@@H]1Cc2ccccc2C2(CCNCC2)O1)Cn1cccn1)N1CCC1. The number of likely N-dealkylation sites (tertiary alicyclic amines) is 1. The summed E-state index contributed by atoms with van der Waals surface area (Å²) in [5.74, 6) is 0.165. The predicted molar refractivity (Wildman–Crippen MR) is 110 cm³/mol. The molecule has 0 bridgehead atoms. The number of carbonyl (C=O) groups is 1. The van der Waals surface area contributed by atoms with Crippen LogP contribution in [0.5, 0.6) is 0 Å². The van der Waals surface area contributed by atoms with Crippen molar-refractivity contribution in [2.75, 3.05) is 26.2 Å². The Labute approximate surface area is 172 Å². The molecule has 1 aromatic heterocycles. The van der Waals surface area contributed by atoms with E-state index in [1.54, 1.807) is 6.20 Å². The van der Waals surface area contributed by atoms with Crippen LogP contribution in [-0.2, 0) is 28.1 Å². The molecular weight excluding hydrogens is 364 g/mol. The van der Waals surface area contributed by atoms with E-state index in [4.69, 9.17) is 4.74 Å². The zero-order valence-electron chi connectivity index (χ0n) is 16.9. The Balaban J connectivity index is 1.39. The molecule has 5 rings (SSSR count). The third kappa shape index (κ3) is 3.71. The van der Waals surface area contributed by atoms with Crippen molar-refractivity contribution in [3.8, 4) is 0 Å². The molecule has 1 aromatic carbocycles. The van der Waals surface area contributed by atoms with Crippen molar-refractivity contribution in [3.05, 3.63) is 53.9 Å². The van der Waals surface area contributed by atoms with Gasteiger partial charge in [-0.2, -0.15) is 5.10 Å². The van der Waals surface area contributed by atoms with Gasteiger partial charge in [-0.1, -0.05) is 24.3 Å². The lowest BCUT2D eigenvalue weighted by Gasteiger charge is -2.46. The van der Waals surface area contributed by atoms with Crippen LogP contribution >= 0.6 is 0 Å². The Morgan fingerprint density at radius 3 is 2.79 bits per heavy atom. The van der Waals surface area contributed by atoms with E-state index >= 15 is 0 Å². The molecule has 1 amide bonds. The smallest absolute Gasteiger partial charge is 0.227 e. The van der Waals surface area contributed by atoms with Crippen LogP contribution in [0, 0.1) is 5.92 Å². The van der Waals surface area contributed by atoms with Gasteiger partial charge in [0.2, 0.25) is 5.91 Å². The number of nitrogens with one attached hydrogen (secondary N) is 1. The first-order valence-electron chi connectivity index (χ1n) is 11.0. The molecule has 4 heterocycles. The third-order valence-electron chi connectivity index (χ3n) is 6.79. The Morgan fingerprint density at radius 1 is 1.24 bits per heavy atom. The van der Waals surface area contributed by atoms with Crippen LogP contribution in [0.25, 0.3) is 0 Å². The van der Waals surface area contributed by atoms with E-state index in [9.17, 15) is 4.79 Å². The van der Waals surface area contributed by atoms with Gasteiger partial charge in [0.05, 0.1) is 24.2 Å². The van der Waals surface area contributed by atoms with Crippen molar-refractivity contribution in [1.82, 2.24) is 20.0 Å². The molecule has 29 heavy (non-hydrogen) atoms. The van der Waals surface area contributed by atoms with Crippen molar-refractivity contribution in [2.24, 2.45) is 5.92 Å². The van der Waals surface area contributed by atoms with E-state index in [0.717, 1.165) is 58.3 Å². The van der Waals surface area contributed by atoms with Crippen LogP contribution in [0.1, 0.15) is 36.8 Å². The maximum Gasteiger partial charge on any atom is 0.227 e. The summed E-state index contributed by atoms with van der Waals surface area (Å²) in [5.41, 5.74) is 2.54. The van der Waals surface area contributed by atoms with Gasteiger partial charge in [0, 0.05) is 25.5 Å². The second-order valence-electron chi connectivity index (χ2n) is 8.68. The average molecular weight is 395 g/mol. The second-order valence-corrected chi connectivity index (χ2v) is 8.68. The second kappa shape index (κ2) is 7.92. The quantitative estimate of drug-likeness (QED) is 0.846. The maximum absolute atomic E-state index is 13.2. The molecule has 1 unspecified atom stereocenters. The molecule has 154 valence electrons. The van der Waals surface area contributed by atoms with Gasteiger partial charge in [0.1, 0.15) is 0 Å². The topological polar surface area (TPSA) is 59.4 Å². The van der Waals surface area contributed by atoms with E-state index in [-0.39, 0.29) is 23.5 Å². The van der Waals surface area contributed by atoms with Crippen molar-refractivity contribution in [3.63, 3.8) is 0 Å². The molecule has 3 aliphatic rings. The van der Waals surface area contributed by atoms with E-state index < -0.39 is 0 Å². The molecule has 2 atom stereocenters. The number of benzene rings is 1. The molecule has 1 spiro atoms. The number of fused-ring (bicyclic) bond motifs is 2. The number of hydrogen-bond acceptors (Lipinski definition) is 4. The summed E-state index contributed by atoms with van der Waals surface area (Å²) in [4.78, 5) is 15.1. The van der Waals surface area contributed by atoms with Crippen LogP contribution in [-0.4, -0.2) is 52.9 Å². The van der Waals surface area contributed by atoms with Gasteiger partial charge in [-0.05, 0) is 62.4 Å². The zero-order valence-corrected chi connectivity index (χ0v) is 16.9. The Morgan fingerprint density at radius 2 is 2.07 bits per heavy atom.